The van der Waals surface area contributed by atoms with E-state index >= 15 is 0 Å². The number of aromatic amines is 1. The molecule has 0 spiro atoms. The van der Waals surface area contributed by atoms with Gasteiger partial charge in [0.1, 0.15) is 5.82 Å². The first-order chi connectivity index (χ1) is 18.1. The number of hydrogen-bond donors (Lipinski definition) is 4. The predicted molar refractivity (Wildman–Crippen MR) is 148 cm³/mol. The Morgan fingerprint density at radius 1 is 1.14 bits per heavy atom. The maximum atomic E-state index is 13.5. The fraction of sp³-hybridized carbons (Fsp3) is 0.750. The molecule has 6 rings (SSSR count). The maximum absolute atomic E-state index is 13.5. The van der Waals surface area contributed by atoms with Gasteiger partial charge in [0.15, 0.2) is 0 Å². The number of hydrogen-bond acceptors (Lipinski definition) is 5. The van der Waals surface area contributed by atoms with Crippen molar-refractivity contribution in [3.63, 3.8) is 0 Å². The van der Waals surface area contributed by atoms with Crippen LogP contribution in [0.15, 0.2) is 24.9 Å². The highest BCUT2D eigenvalue weighted by Crippen LogP contribution is 2.38. The minimum absolute atomic E-state index is 0.0833. The van der Waals surface area contributed by atoms with Gasteiger partial charge in [-0.2, -0.15) is 0 Å². The van der Waals surface area contributed by atoms with E-state index in [1.165, 1.54) is 44.2 Å². The average molecular weight is 526 g/mol. The third-order valence-electron chi connectivity index (χ3n) is 9.57. The van der Waals surface area contributed by atoms with E-state index in [9.17, 15) is 4.79 Å². The zero-order valence-electron chi connectivity index (χ0n) is 21.9. The zero-order valence-corrected chi connectivity index (χ0v) is 23.1. The van der Waals surface area contributed by atoms with Crippen molar-refractivity contribution in [3.05, 3.63) is 36.4 Å². The van der Waals surface area contributed by atoms with Gasteiger partial charge in [0.05, 0.1) is 18.4 Å². The minimum Gasteiger partial charge on any atom is -0.345 e. The highest BCUT2D eigenvalue weighted by molar-refractivity contribution is 7.17. The van der Waals surface area contributed by atoms with Crippen LogP contribution in [0, 0.1) is 5.92 Å². The topological polar surface area (TPSA) is 99.7 Å². The van der Waals surface area contributed by atoms with Gasteiger partial charge in [-0.1, -0.05) is 6.42 Å². The van der Waals surface area contributed by atoms with Gasteiger partial charge < -0.3 is 25.5 Å². The van der Waals surface area contributed by atoms with E-state index in [1.54, 1.807) is 0 Å². The van der Waals surface area contributed by atoms with Crippen molar-refractivity contribution in [1.82, 2.24) is 35.5 Å². The van der Waals surface area contributed by atoms with Crippen LogP contribution in [-0.2, 0) is 4.79 Å². The van der Waals surface area contributed by atoms with E-state index in [4.69, 9.17) is 4.98 Å². The average Bonchev–Trinajstić information content (AvgIpc) is 3.70. The molecule has 9 heteroatoms. The summed E-state index contributed by atoms with van der Waals surface area (Å²) in [6.07, 6.45) is 21.7. The van der Waals surface area contributed by atoms with Crippen LogP contribution >= 0.6 is 9.24 Å². The van der Waals surface area contributed by atoms with Crippen molar-refractivity contribution >= 4 is 15.1 Å². The second-order valence-corrected chi connectivity index (χ2v) is 13.0. The number of carbonyl (C=O) groups excluding carboxylic acids is 1. The van der Waals surface area contributed by atoms with Crippen LogP contribution in [0.5, 0.6) is 0 Å². The van der Waals surface area contributed by atoms with Crippen molar-refractivity contribution < 1.29 is 4.79 Å². The molecule has 4 fully saturated rings. The second kappa shape index (κ2) is 11.5. The molecule has 2 aromatic rings. The Morgan fingerprint density at radius 3 is 2.81 bits per heavy atom. The summed E-state index contributed by atoms with van der Waals surface area (Å²) in [6.45, 7) is 1.07. The molecule has 4 N–H and O–H groups in total. The first-order valence-corrected chi connectivity index (χ1v) is 15.4. The van der Waals surface area contributed by atoms with Crippen molar-refractivity contribution in [2.45, 2.75) is 119 Å². The normalized spacial score (nSPS) is 35.1. The van der Waals surface area contributed by atoms with E-state index in [1.807, 2.05) is 18.7 Å². The Hall–Kier alpha value is -1.76. The lowest BCUT2D eigenvalue weighted by Gasteiger charge is -2.29. The van der Waals surface area contributed by atoms with Crippen LogP contribution in [0.4, 0.5) is 0 Å². The van der Waals surface area contributed by atoms with E-state index in [-0.39, 0.29) is 18.0 Å². The van der Waals surface area contributed by atoms with Crippen LogP contribution in [0.2, 0.25) is 0 Å². The van der Waals surface area contributed by atoms with E-state index < -0.39 is 0 Å². The van der Waals surface area contributed by atoms with E-state index in [0.717, 1.165) is 50.9 Å². The molecule has 2 aliphatic carbocycles. The highest BCUT2D eigenvalue weighted by atomic mass is 31.0. The third-order valence-corrected chi connectivity index (χ3v) is 10.2. The summed E-state index contributed by atoms with van der Waals surface area (Å²) in [6, 6.07) is 1.31. The molecular weight excluding hydrogens is 481 g/mol. The second-order valence-electron chi connectivity index (χ2n) is 12.1. The molecule has 8 nitrogen and oxygen atoms in total. The number of aromatic nitrogens is 4. The van der Waals surface area contributed by atoms with Gasteiger partial charge >= 0.3 is 0 Å². The lowest BCUT2D eigenvalue weighted by Crippen LogP contribution is -2.46. The molecule has 4 heterocycles. The number of nitrogens with one attached hydrogen (secondary N) is 4. The van der Waals surface area contributed by atoms with Crippen molar-refractivity contribution in [2.75, 3.05) is 6.54 Å². The van der Waals surface area contributed by atoms with E-state index in [2.05, 4.69) is 45.9 Å². The first-order valence-electron chi connectivity index (χ1n) is 14.7. The summed E-state index contributed by atoms with van der Waals surface area (Å²) in [4.78, 5) is 26.3. The van der Waals surface area contributed by atoms with Crippen LogP contribution < -0.4 is 16.0 Å². The molecule has 0 radical (unpaired) electrons. The summed E-state index contributed by atoms with van der Waals surface area (Å²) < 4.78 is 2.25. The van der Waals surface area contributed by atoms with Gasteiger partial charge in [0.25, 0.3) is 0 Å². The number of fused-ring (bicyclic) bond motifs is 1. The van der Waals surface area contributed by atoms with Crippen molar-refractivity contribution in [2.24, 2.45) is 5.92 Å². The van der Waals surface area contributed by atoms with Crippen molar-refractivity contribution in [1.29, 1.82) is 0 Å². The Morgan fingerprint density at radius 2 is 2.03 bits per heavy atom. The number of amides is 1. The zero-order chi connectivity index (χ0) is 25.2. The quantitative estimate of drug-likeness (QED) is 0.410. The van der Waals surface area contributed by atoms with Gasteiger partial charge in [0, 0.05) is 48.3 Å². The monoisotopic (exact) mass is 525 g/mol. The van der Waals surface area contributed by atoms with Gasteiger partial charge in [-0.15, -0.1) is 9.24 Å². The number of imidazole rings is 2. The van der Waals surface area contributed by atoms with Crippen LogP contribution in [0.3, 0.4) is 0 Å². The maximum Gasteiger partial charge on any atom is 0.237 e. The summed E-state index contributed by atoms with van der Waals surface area (Å²) in [7, 11) is 3.00. The van der Waals surface area contributed by atoms with Crippen LogP contribution in [-0.4, -0.2) is 55.8 Å². The standard InChI is InChI=1S/C28H44N7OP/c36-28(25-14-19-13-22(37)8-9-23(19)32-25)34-24(15-20-3-1-2-10-30-20)27-31-16-26(33-27)18-4-6-21(7-5-18)35-12-11-29-17-35/h11-12,16-25,30,32H,1-10,13-15,37H2,(H,31,33)(H,34,36)/t18?,19?,20?,21?,22?,23?,24-,25?/m0/s1. The Bertz CT molecular complexity index is 1010. The molecular formula is C28H44N7OP. The Balaban J connectivity index is 1.11. The molecule has 2 saturated heterocycles. The molecule has 0 aromatic carbocycles. The lowest BCUT2D eigenvalue weighted by molar-refractivity contribution is -0.123. The summed E-state index contributed by atoms with van der Waals surface area (Å²) >= 11 is 0. The molecule has 0 bridgehead atoms. The molecule has 7 atom stereocenters. The summed E-state index contributed by atoms with van der Waals surface area (Å²) in [5.74, 6) is 2.20. The molecule has 2 saturated carbocycles. The smallest absolute Gasteiger partial charge is 0.237 e. The van der Waals surface area contributed by atoms with Crippen LogP contribution in [0.25, 0.3) is 0 Å². The van der Waals surface area contributed by atoms with Crippen molar-refractivity contribution in [3.8, 4) is 0 Å². The van der Waals surface area contributed by atoms with Crippen LogP contribution in [0.1, 0.15) is 107 Å². The fourth-order valence-electron chi connectivity index (χ4n) is 7.42. The number of carbonyl (C=O) groups is 1. The van der Waals surface area contributed by atoms with Gasteiger partial charge in [0.2, 0.25) is 5.91 Å². The molecule has 2 aromatic heterocycles. The molecule has 6 unspecified atom stereocenters. The lowest BCUT2D eigenvalue weighted by atomic mass is 9.84. The third kappa shape index (κ3) is 5.97. The number of nitrogens with zero attached hydrogens (tertiary/aromatic N) is 3. The largest absolute Gasteiger partial charge is 0.345 e. The summed E-state index contributed by atoms with van der Waals surface area (Å²) in [5.41, 5.74) is 1.93. The van der Waals surface area contributed by atoms with Gasteiger partial charge in [-0.3, -0.25) is 4.79 Å². The Kier molecular flexibility index (Phi) is 7.96. The molecule has 4 aliphatic rings. The highest BCUT2D eigenvalue weighted by Gasteiger charge is 2.40. The molecule has 2 aliphatic heterocycles. The molecule has 37 heavy (non-hydrogen) atoms. The SMILES string of the molecule is O=C(N[C@@H](CC1CCCCN1)c1ncc(C2CCC(n3ccnc3)CC2)[nH]1)C1CC2CC(P)CCC2N1. The fourth-order valence-corrected chi connectivity index (χ4v) is 7.96. The Labute approximate surface area is 223 Å². The van der Waals surface area contributed by atoms with E-state index in [0.29, 0.717) is 35.6 Å². The summed E-state index contributed by atoms with van der Waals surface area (Å²) in [5, 5.41) is 10.8. The molecule has 1 amide bonds. The number of piperidine rings is 1. The van der Waals surface area contributed by atoms with Gasteiger partial charge in [-0.25, -0.2) is 9.97 Å². The number of H-pyrrole nitrogens is 1. The molecule has 202 valence electrons. The minimum atomic E-state index is -0.0851. The number of rotatable bonds is 7. The first kappa shape index (κ1) is 25.5. The predicted octanol–water partition coefficient (Wildman–Crippen LogP) is 3.97. The van der Waals surface area contributed by atoms with Gasteiger partial charge in [-0.05, 0) is 88.8 Å².